The monoisotopic (exact) mass is 108 g/mol. The van der Waals surface area contributed by atoms with Crippen LogP contribution in [-0.4, -0.2) is 0 Å². The van der Waals surface area contributed by atoms with Gasteiger partial charge in [0.15, 0.2) is 0 Å². The molecular formula is C8H12. The van der Waals surface area contributed by atoms with Crippen molar-refractivity contribution in [2.24, 2.45) is 0 Å². The van der Waals surface area contributed by atoms with E-state index >= 15 is 0 Å². The topological polar surface area (TPSA) is 0 Å². The van der Waals surface area contributed by atoms with E-state index in [-0.39, 0.29) is 0 Å². The van der Waals surface area contributed by atoms with Crippen LogP contribution >= 0.6 is 0 Å². The highest BCUT2D eigenvalue weighted by Crippen LogP contribution is 1.92. The smallest absolute Gasteiger partial charge is 0.0227 e. The molecule has 1 rings (SSSR count). The van der Waals surface area contributed by atoms with Crippen LogP contribution < -0.4 is 0 Å². The van der Waals surface area contributed by atoms with Crippen LogP contribution in [-0.2, 0) is 0 Å². The lowest BCUT2D eigenvalue weighted by Gasteiger charge is -1.80. The number of hydrogen-bond donors (Lipinski definition) is 0. The Morgan fingerprint density at radius 1 is 1.00 bits per heavy atom. The maximum Gasteiger partial charge on any atom is -0.0227 e. The van der Waals surface area contributed by atoms with E-state index < -0.39 is 0 Å². The van der Waals surface area contributed by atoms with E-state index in [9.17, 15) is 0 Å². The van der Waals surface area contributed by atoms with Crippen molar-refractivity contribution >= 4 is 0 Å². The van der Waals surface area contributed by atoms with Crippen molar-refractivity contribution < 1.29 is 0 Å². The summed E-state index contributed by atoms with van der Waals surface area (Å²) in [5, 5.41) is 0. The van der Waals surface area contributed by atoms with Crippen LogP contribution in [0.25, 0.3) is 0 Å². The fourth-order valence-corrected chi connectivity index (χ4v) is 0.429. The minimum atomic E-state index is 1.15. The lowest BCUT2D eigenvalue weighted by Crippen LogP contribution is -1.62. The predicted octanol–water partition coefficient (Wildman–Crippen LogP) is 2.67. The standard InChI is InChI=1S/C6H6.C2H6/c1-2-4-6-5-3-1;1-2/h1,6H,2,4H2;1-2H3. The van der Waals surface area contributed by atoms with Crippen molar-refractivity contribution in [1.82, 2.24) is 0 Å². The second kappa shape index (κ2) is 6.30. The largest absolute Gasteiger partial charge is 0.0750 e. The molecule has 1 aliphatic rings. The molecule has 0 saturated carbocycles. The van der Waals surface area contributed by atoms with Gasteiger partial charge in [-0.1, -0.05) is 25.3 Å². The second-order valence-corrected chi connectivity index (χ2v) is 1.27. The molecular weight excluding hydrogens is 96.1 g/mol. The summed E-state index contributed by atoms with van der Waals surface area (Å²) in [4.78, 5) is 0. The highest BCUT2D eigenvalue weighted by atomic mass is 13.8. The van der Waals surface area contributed by atoms with Crippen LogP contribution in [0, 0.1) is 0 Å². The molecule has 0 heterocycles. The van der Waals surface area contributed by atoms with Crippen LogP contribution in [0.2, 0.25) is 0 Å². The van der Waals surface area contributed by atoms with Gasteiger partial charge in [0.2, 0.25) is 0 Å². The molecule has 0 aromatic carbocycles. The van der Waals surface area contributed by atoms with Crippen molar-refractivity contribution in [3.05, 3.63) is 23.6 Å². The van der Waals surface area contributed by atoms with Crippen LogP contribution in [0.15, 0.2) is 23.6 Å². The molecule has 0 aromatic rings. The highest BCUT2D eigenvalue weighted by Gasteiger charge is 1.74. The second-order valence-electron chi connectivity index (χ2n) is 1.27. The van der Waals surface area contributed by atoms with E-state index in [2.05, 4.69) is 11.5 Å². The minimum absolute atomic E-state index is 1.15. The maximum atomic E-state index is 2.85. The quantitative estimate of drug-likeness (QED) is 0.418. The normalized spacial score (nSPS) is 12.8. The molecule has 0 saturated heterocycles. The Bertz CT molecular complexity index is 103. The first-order chi connectivity index (χ1) is 4.00. The van der Waals surface area contributed by atoms with Crippen LogP contribution in [0.5, 0.6) is 0 Å². The van der Waals surface area contributed by atoms with Crippen LogP contribution in [0.1, 0.15) is 26.7 Å². The van der Waals surface area contributed by atoms with Gasteiger partial charge in [-0.3, -0.25) is 0 Å². The molecule has 0 fully saturated rings. The highest BCUT2D eigenvalue weighted by molar-refractivity contribution is 4.93. The van der Waals surface area contributed by atoms with E-state index in [1.807, 2.05) is 26.0 Å². The van der Waals surface area contributed by atoms with Gasteiger partial charge in [0, 0.05) is 0 Å². The molecule has 44 valence electrons. The minimum Gasteiger partial charge on any atom is -0.0750 e. The van der Waals surface area contributed by atoms with Gasteiger partial charge in [0.1, 0.15) is 0 Å². The first-order valence-electron chi connectivity index (χ1n) is 3.14. The van der Waals surface area contributed by atoms with E-state index in [4.69, 9.17) is 0 Å². The molecule has 0 heteroatoms. The van der Waals surface area contributed by atoms with Gasteiger partial charge in [-0.15, -0.1) is 0 Å². The third-order valence-electron chi connectivity index (χ3n) is 0.743. The van der Waals surface area contributed by atoms with Crippen LogP contribution in [0.3, 0.4) is 0 Å². The van der Waals surface area contributed by atoms with Crippen molar-refractivity contribution in [3.63, 3.8) is 0 Å². The molecule has 0 N–H and O–H groups in total. The zero-order chi connectivity index (χ0) is 6.24. The van der Waals surface area contributed by atoms with Gasteiger partial charge in [0.05, 0.1) is 0 Å². The molecule has 0 amide bonds. The van der Waals surface area contributed by atoms with Crippen LogP contribution in [0.4, 0.5) is 0 Å². The summed E-state index contributed by atoms with van der Waals surface area (Å²) < 4.78 is 0. The van der Waals surface area contributed by atoms with Crippen molar-refractivity contribution in [2.75, 3.05) is 0 Å². The number of hydrogen-bond acceptors (Lipinski definition) is 0. The van der Waals surface area contributed by atoms with Gasteiger partial charge in [0.25, 0.3) is 0 Å². The molecule has 0 unspecified atom stereocenters. The third kappa shape index (κ3) is 3.49. The van der Waals surface area contributed by atoms with Crippen molar-refractivity contribution in [1.29, 1.82) is 0 Å². The summed E-state index contributed by atoms with van der Waals surface area (Å²) in [5.74, 6) is 0. The molecule has 0 aliphatic heterocycles. The lowest BCUT2D eigenvalue weighted by molar-refractivity contribution is 1.05. The van der Waals surface area contributed by atoms with E-state index in [0.717, 1.165) is 12.8 Å². The van der Waals surface area contributed by atoms with Gasteiger partial charge >= 0.3 is 0 Å². The van der Waals surface area contributed by atoms with Crippen molar-refractivity contribution in [3.8, 4) is 0 Å². The molecule has 0 radical (unpaired) electrons. The average Bonchev–Trinajstić information content (AvgIpc) is 1.96. The SMILES string of the molecule is C1=C=CCCC=1.CC. The average molecular weight is 108 g/mol. The molecule has 0 aromatic heterocycles. The molecule has 8 heavy (non-hydrogen) atoms. The summed E-state index contributed by atoms with van der Waals surface area (Å²) in [6.45, 7) is 4.00. The molecule has 0 bridgehead atoms. The first-order valence-corrected chi connectivity index (χ1v) is 3.14. The lowest BCUT2D eigenvalue weighted by atomic mass is 10.2. The van der Waals surface area contributed by atoms with Gasteiger partial charge in [-0.05, 0) is 25.0 Å². The summed E-state index contributed by atoms with van der Waals surface area (Å²) in [6.07, 6.45) is 6.29. The molecule has 0 atom stereocenters. The first kappa shape index (κ1) is 7.30. The predicted molar refractivity (Wildman–Crippen MR) is 36.7 cm³/mol. The zero-order valence-corrected chi connectivity index (χ0v) is 5.57. The maximum absolute atomic E-state index is 2.85. The Morgan fingerprint density at radius 2 is 1.38 bits per heavy atom. The number of allylic oxidation sites excluding steroid dienone is 2. The zero-order valence-electron chi connectivity index (χ0n) is 5.57. The Balaban J connectivity index is 0.000000222. The fourth-order valence-electron chi connectivity index (χ4n) is 0.429. The Morgan fingerprint density at radius 3 is 1.50 bits per heavy atom. The van der Waals surface area contributed by atoms with Gasteiger partial charge in [-0.2, -0.15) is 0 Å². The van der Waals surface area contributed by atoms with Crippen molar-refractivity contribution in [2.45, 2.75) is 26.7 Å². The summed E-state index contributed by atoms with van der Waals surface area (Å²) >= 11 is 0. The summed E-state index contributed by atoms with van der Waals surface area (Å²) in [7, 11) is 0. The van der Waals surface area contributed by atoms with Gasteiger partial charge < -0.3 is 0 Å². The molecule has 1 aliphatic carbocycles. The Hall–Kier alpha value is -0.700. The molecule has 0 nitrogen and oxygen atoms in total. The molecule has 0 spiro atoms. The Kier molecular flexibility index (Phi) is 5.75. The summed E-state index contributed by atoms with van der Waals surface area (Å²) in [5.41, 5.74) is 5.71. The third-order valence-corrected chi connectivity index (χ3v) is 0.743. The summed E-state index contributed by atoms with van der Waals surface area (Å²) in [6, 6.07) is 0. The van der Waals surface area contributed by atoms with E-state index in [1.54, 1.807) is 0 Å². The van der Waals surface area contributed by atoms with E-state index in [0.29, 0.717) is 0 Å². The van der Waals surface area contributed by atoms with Gasteiger partial charge in [-0.25, -0.2) is 0 Å². The fraction of sp³-hybridized carbons (Fsp3) is 0.500. The number of rotatable bonds is 0. The van der Waals surface area contributed by atoms with E-state index in [1.165, 1.54) is 0 Å². The Labute approximate surface area is 51.2 Å².